The van der Waals surface area contributed by atoms with Crippen LogP contribution in [0.1, 0.15) is 22.6 Å². The predicted octanol–water partition coefficient (Wildman–Crippen LogP) is 2.25. The average molecular weight is 290 g/mol. The van der Waals surface area contributed by atoms with Crippen LogP contribution < -0.4 is 4.72 Å². The van der Waals surface area contributed by atoms with Crippen molar-refractivity contribution >= 4 is 10.0 Å². The van der Waals surface area contributed by atoms with E-state index in [9.17, 15) is 8.42 Å². The highest BCUT2D eigenvalue weighted by atomic mass is 32.2. The number of hydrogen-bond donors (Lipinski definition) is 1. The molecule has 0 atom stereocenters. The second-order valence-electron chi connectivity index (χ2n) is 4.40. The van der Waals surface area contributed by atoms with Gasteiger partial charge >= 0.3 is 0 Å². The molecule has 2 aromatic rings. The van der Waals surface area contributed by atoms with Crippen molar-refractivity contribution in [1.82, 2.24) is 4.72 Å². The normalized spacial score (nSPS) is 11.2. The summed E-state index contributed by atoms with van der Waals surface area (Å²) >= 11 is 0. The molecule has 0 spiro atoms. The topological polar surface area (TPSA) is 83.1 Å². The van der Waals surface area contributed by atoms with Gasteiger partial charge in [-0.1, -0.05) is 0 Å². The van der Waals surface area contributed by atoms with Crippen LogP contribution in [0.5, 0.6) is 0 Å². The van der Waals surface area contributed by atoms with Gasteiger partial charge in [0.05, 0.1) is 16.5 Å². The van der Waals surface area contributed by atoms with E-state index in [0.717, 1.165) is 11.3 Å². The van der Waals surface area contributed by atoms with Crippen molar-refractivity contribution in [2.24, 2.45) is 0 Å². The molecule has 104 valence electrons. The number of hydrogen-bond acceptors (Lipinski definition) is 4. The Balaban J connectivity index is 2.15. The SMILES string of the molecule is Cc1cc(CNS(=O)(=O)c2ccc(C#N)cc2)c(C)o1. The third-order valence-electron chi connectivity index (χ3n) is 2.89. The molecule has 1 aromatic heterocycles. The molecule has 0 saturated heterocycles. The maximum atomic E-state index is 12.1. The first-order chi connectivity index (χ1) is 9.42. The molecule has 0 aliphatic rings. The minimum Gasteiger partial charge on any atom is -0.466 e. The predicted molar refractivity (Wildman–Crippen MR) is 73.4 cm³/mol. The van der Waals surface area contributed by atoms with Gasteiger partial charge in [-0.15, -0.1) is 0 Å². The van der Waals surface area contributed by atoms with Gasteiger partial charge in [-0.05, 0) is 44.2 Å². The monoisotopic (exact) mass is 290 g/mol. The summed E-state index contributed by atoms with van der Waals surface area (Å²) < 4.78 is 32.1. The van der Waals surface area contributed by atoms with Gasteiger partial charge in [0, 0.05) is 12.1 Å². The lowest BCUT2D eigenvalue weighted by molar-refractivity contribution is 0.500. The molecule has 0 unspecified atom stereocenters. The molecule has 5 nitrogen and oxygen atoms in total. The van der Waals surface area contributed by atoms with Crippen LogP contribution >= 0.6 is 0 Å². The molecule has 0 fully saturated rings. The highest BCUT2D eigenvalue weighted by Crippen LogP contribution is 2.15. The van der Waals surface area contributed by atoms with E-state index in [0.29, 0.717) is 11.3 Å². The maximum Gasteiger partial charge on any atom is 0.240 e. The minimum atomic E-state index is -3.59. The first-order valence-corrected chi connectivity index (χ1v) is 7.46. The quantitative estimate of drug-likeness (QED) is 0.936. The number of nitrogens with zero attached hydrogens (tertiary/aromatic N) is 1. The van der Waals surface area contributed by atoms with Crippen LogP contribution in [0.2, 0.25) is 0 Å². The van der Waals surface area contributed by atoms with Crippen molar-refractivity contribution < 1.29 is 12.8 Å². The lowest BCUT2D eigenvalue weighted by atomic mass is 10.2. The number of furan rings is 1. The smallest absolute Gasteiger partial charge is 0.240 e. The van der Waals surface area contributed by atoms with Crippen molar-refractivity contribution in [1.29, 1.82) is 5.26 Å². The summed E-state index contributed by atoms with van der Waals surface area (Å²) in [7, 11) is -3.59. The van der Waals surface area contributed by atoms with E-state index in [-0.39, 0.29) is 11.4 Å². The van der Waals surface area contributed by atoms with Gasteiger partial charge in [-0.2, -0.15) is 5.26 Å². The molecule has 0 bridgehead atoms. The van der Waals surface area contributed by atoms with Crippen LogP contribution in [0.4, 0.5) is 0 Å². The molecule has 0 radical (unpaired) electrons. The van der Waals surface area contributed by atoms with Crippen LogP contribution in [-0.2, 0) is 16.6 Å². The van der Waals surface area contributed by atoms with Crippen molar-refractivity contribution in [3.8, 4) is 6.07 Å². The van der Waals surface area contributed by atoms with Crippen LogP contribution in [0, 0.1) is 25.2 Å². The summed E-state index contributed by atoms with van der Waals surface area (Å²) in [5, 5.41) is 8.69. The fraction of sp³-hybridized carbons (Fsp3) is 0.214. The molecule has 2 rings (SSSR count). The number of nitrogens with one attached hydrogen (secondary N) is 1. The first-order valence-electron chi connectivity index (χ1n) is 5.98. The van der Waals surface area contributed by atoms with E-state index in [1.807, 2.05) is 13.0 Å². The van der Waals surface area contributed by atoms with Crippen LogP contribution in [0.15, 0.2) is 39.6 Å². The molecule has 6 heteroatoms. The average Bonchev–Trinajstić information content (AvgIpc) is 2.75. The molecule has 0 amide bonds. The third-order valence-corrected chi connectivity index (χ3v) is 4.31. The summed E-state index contributed by atoms with van der Waals surface area (Å²) in [4.78, 5) is 0.134. The summed E-state index contributed by atoms with van der Waals surface area (Å²) in [6.45, 7) is 3.77. The zero-order chi connectivity index (χ0) is 14.8. The number of nitriles is 1. The molecule has 0 aliphatic heterocycles. The second kappa shape index (κ2) is 5.49. The molecular formula is C14H14N2O3S. The Morgan fingerprint density at radius 1 is 1.25 bits per heavy atom. The molecule has 1 N–H and O–H groups in total. The number of rotatable bonds is 4. The van der Waals surface area contributed by atoms with Gasteiger partial charge in [-0.25, -0.2) is 13.1 Å². The highest BCUT2D eigenvalue weighted by molar-refractivity contribution is 7.89. The van der Waals surface area contributed by atoms with Gasteiger partial charge < -0.3 is 4.42 Å². The first kappa shape index (κ1) is 14.3. The van der Waals surface area contributed by atoms with Crippen molar-refractivity contribution in [2.45, 2.75) is 25.3 Å². The molecular weight excluding hydrogens is 276 g/mol. The van der Waals surface area contributed by atoms with E-state index < -0.39 is 10.0 Å². The lowest BCUT2D eigenvalue weighted by Crippen LogP contribution is -2.23. The molecule has 20 heavy (non-hydrogen) atoms. The fourth-order valence-corrected chi connectivity index (χ4v) is 2.83. The number of benzene rings is 1. The van der Waals surface area contributed by atoms with Crippen molar-refractivity contribution in [2.75, 3.05) is 0 Å². The highest BCUT2D eigenvalue weighted by Gasteiger charge is 2.15. The lowest BCUT2D eigenvalue weighted by Gasteiger charge is -2.06. The minimum absolute atomic E-state index is 0.134. The number of sulfonamides is 1. The Morgan fingerprint density at radius 2 is 1.90 bits per heavy atom. The zero-order valence-electron chi connectivity index (χ0n) is 11.2. The third kappa shape index (κ3) is 3.07. The Bertz CT molecular complexity index is 753. The summed E-state index contributed by atoms with van der Waals surface area (Å²) in [5.74, 6) is 1.44. The fourth-order valence-electron chi connectivity index (χ4n) is 1.82. The van der Waals surface area contributed by atoms with Gasteiger partial charge in [0.2, 0.25) is 10.0 Å². The van der Waals surface area contributed by atoms with E-state index in [1.165, 1.54) is 24.3 Å². The van der Waals surface area contributed by atoms with Gasteiger partial charge in [0.1, 0.15) is 11.5 Å². The Hall–Kier alpha value is -2.10. The van der Waals surface area contributed by atoms with Gasteiger partial charge in [0.15, 0.2) is 0 Å². The van der Waals surface area contributed by atoms with E-state index in [2.05, 4.69) is 4.72 Å². The van der Waals surface area contributed by atoms with Gasteiger partial charge in [0.25, 0.3) is 0 Å². The molecule has 1 heterocycles. The zero-order valence-corrected chi connectivity index (χ0v) is 12.0. The Kier molecular flexibility index (Phi) is 3.93. The maximum absolute atomic E-state index is 12.1. The van der Waals surface area contributed by atoms with E-state index >= 15 is 0 Å². The summed E-state index contributed by atoms with van der Waals surface area (Å²) in [5.41, 5.74) is 1.23. The largest absolute Gasteiger partial charge is 0.466 e. The van der Waals surface area contributed by atoms with E-state index in [1.54, 1.807) is 13.0 Å². The molecule has 1 aromatic carbocycles. The van der Waals surface area contributed by atoms with Crippen molar-refractivity contribution in [3.63, 3.8) is 0 Å². The van der Waals surface area contributed by atoms with Crippen LogP contribution in [-0.4, -0.2) is 8.42 Å². The Morgan fingerprint density at radius 3 is 2.40 bits per heavy atom. The summed E-state index contributed by atoms with van der Waals surface area (Å²) in [6, 6.07) is 9.52. The van der Waals surface area contributed by atoms with Gasteiger partial charge in [-0.3, -0.25) is 0 Å². The van der Waals surface area contributed by atoms with E-state index in [4.69, 9.17) is 9.68 Å². The van der Waals surface area contributed by atoms with Crippen molar-refractivity contribution in [3.05, 3.63) is 53.0 Å². The molecule has 0 saturated carbocycles. The summed E-state index contributed by atoms with van der Waals surface area (Å²) in [6.07, 6.45) is 0. The molecule has 0 aliphatic carbocycles. The van der Waals surface area contributed by atoms with Crippen LogP contribution in [0.25, 0.3) is 0 Å². The second-order valence-corrected chi connectivity index (χ2v) is 6.17. The number of aryl methyl sites for hydroxylation is 2. The standard InChI is InChI=1S/C14H14N2O3S/c1-10-7-13(11(2)19-10)9-16-20(17,18)14-5-3-12(8-15)4-6-14/h3-7,16H,9H2,1-2H3. The Labute approximate surface area is 117 Å². The van der Waals surface area contributed by atoms with Crippen LogP contribution in [0.3, 0.4) is 0 Å².